The number of benzene rings is 1. The van der Waals surface area contributed by atoms with Gasteiger partial charge in [0, 0.05) is 10.2 Å². The van der Waals surface area contributed by atoms with Crippen molar-refractivity contribution < 1.29 is 22.7 Å². The first kappa shape index (κ1) is 16.0. The van der Waals surface area contributed by atoms with E-state index in [0.29, 0.717) is 12.1 Å². The smallest absolute Gasteiger partial charge is 0.362 e. The van der Waals surface area contributed by atoms with E-state index in [4.69, 9.17) is 0 Å². The topological polar surface area (TPSA) is 38.3 Å². The van der Waals surface area contributed by atoms with Gasteiger partial charge < -0.3 is 10.1 Å². The van der Waals surface area contributed by atoms with Gasteiger partial charge in [0.25, 0.3) is 0 Å². The largest absolute Gasteiger partial charge is 0.411 e. The van der Waals surface area contributed by atoms with Crippen molar-refractivity contribution >= 4 is 27.5 Å². The van der Waals surface area contributed by atoms with E-state index in [1.54, 1.807) is 12.1 Å². The Morgan fingerprint density at radius 2 is 2.11 bits per heavy atom. The molecule has 0 saturated carbocycles. The molecule has 1 amide bonds. The molecule has 0 unspecified atom stereocenters. The molecule has 7 heteroatoms. The molecular weight excluding hydrogens is 327 g/mol. The Morgan fingerprint density at radius 1 is 1.42 bits per heavy atom. The van der Waals surface area contributed by atoms with Gasteiger partial charge in [0.05, 0.1) is 0 Å². The van der Waals surface area contributed by atoms with Crippen LogP contribution in [0.4, 0.5) is 18.9 Å². The third-order valence-corrected chi connectivity index (χ3v) is 2.71. The predicted octanol–water partition coefficient (Wildman–Crippen LogP) is 3.53. The number of alkyl halides is 3. The molecule has 0 aromatic heterocycles. The van der Waals surface area contributed by atoms with Crippen molar-refractivity contribution in [3.8, 4) is 0 Å². The number of carbonyl (C=O) groups excluding carboxylic acids is 1. The number of hydrogen-bond acceptors (Lipinski definition) is 2. The van der Waals surface area contributed by atoms with Crippen LogP contribution in [0.15, 0.2) is 22.7 Å². The van der Waals surface area contributed by atoms with Gasteiger partial charge in [0.2, 0.25) is 5.91 Å². The molecule has 0 aliphatic rings. The van der Waals surface area contributed by atoms with Crippen LogP contribution in [0.3, 0.4) is 0 Å². The molecular formula is C12H13BrF3NO2. The quantitative estimate of drug-likeness (QED) is 0.891. The summed E-state index contributed by atoms with van der Waals surface area (Å²) in [6.07, 6.45) is -3.73. The van der Waals surface area contributed by atoms with Crippen LogP contribution in [0, 0.1) is 0 Å². The van der Waals surface area contributed by atoms with Gasteiger partial charge in [-0.2, -0.15) is 13.2 Å². The van der Waals surface area contributed by atoms with E-state index in [2.05, 4.69) is 26.0 Å². The number of aryl methyl sites for hydroxylation is 1. The van der Waals surface area contributed by atoms with Crippen LogP contribution in [0.2, 0.25) is 0 Å². The number of nitrogens with one attached hydrogen (secondary N) is 1. The molecule has 0 heterocycles. The first-order chi connectivity index (χ1) is 8.81. The molecule has 0 bridgehead atoms. The Hall–Kier alpha value is -1.08. The number of carbonyl (C=O) groups is 1. The molecule has 0 spiro atoms. The molecule has 3 nitrogen and oxygen atoms in total. The van der Waals surface area contributed by atoms with Crippen LogP contribution in [-0.2, 0) is 16.0 Å². The molecule has 0 aliphatic carbocycles. The first-order valence-electron chi connectivity index (χ1n) is 5.54. The predicted molar refractivity (Wildman–Crippen MR) is 69.0 cm³/mol. The molecule has 1 aromatic rings. The highest BCUT2D eigenvalue weighted by atomic mass is 79.9. The number of ether oxygens (including phenoxy) is 1. The Kier molecular flexibility index (Phi) is 5.81. The fourth-order valence-electron chi connectivity index (χ4n) is 1.42. The number of halogens is 4. The summed E-state index contributed by atoms with van der Waals surface area (Å²) in [6, 6.07) is 5.27. The fraction of sp³-hybridized carbons (Fsp3) is 0.417. The van der Waals surface area contributed by atoms with Crippen molar-refractivity contribution in [3.63, 3.8) is 0 Å². The van der Waals surface area contributed by atoms with Crippen molar-refractivity contribution in [2.75, 3.05) is 18.5 Å². The minimum absolute atomic E-state index is 0.575. The summed E-state index contributed by atoms with van der Waals surface area (Å²) in [6.45, 7) is -0.141. The van der Waals surface area contributed by atoms with Crippen LogP contribution >= 0.6 is 15.9 Å². The summed E-state index contributed by atoms with van der Waals surface area (Å²) < 4.78 is 40.7. The van der Waals surface area contributed by atoms with E-state index in [0.717, 1.165) is 10.0 Å². The summed E-state index contributed by atoms with van der Waals surface area (Å²) in [7, 11) is 0. The van der Waals surface area contributed by atoms with Crippen LogP contribution in [0.1, 0.15) is 12.5 Å². The van der Waals surface area contributed by atoms with E-state index in [-0.39, 0.29) is 0 Å². The van der Waals surface area contributed by atoms with Crippen molar-refractivity contribution in [1.82, 2.24) is 0 Å². The number of amides is 1. The molecule has 1 N–H and O–H groups in total. The second-order valence-corrected chi connectivity index (χ2v) is 4.73. The lowest BCUT2D eigenvalue weighted by molar-refractivity contribution is -0.174. The Labute approximate surface area is 117 Å². The third-order valence-electron chi connectivity index (χ3n) is 2.22. The average molecular weight is 340 g/mol. The Balaban J connectivity index is 2.53. The third kappa shape index (κ3) is 6.07. The summed E-state index contributed by atoms with van der Waals surface area (Å²) in [4.78, 5) is 11.4. The van der Waals surface area contributed by atoms with E-state index >= 15 is 0 Å². The molecule has 1 rings (SSSR count). The lowest BCUT2D eigenvalue weighted by Crippen LogP contribution is -2.24. The highest BCUT2D eigenvalue weighted by molar-refractivity contribution is 9.10. The standard InChI is InChI=1S/C12H13BrF3NO2/c1-2-8-5-9(13)3-4-10(8)17-11(18)6-19-7-12(14,15)16/h3-5H,2,6-7H2,1H3,(H,17,18). The van der Waals surface area contributed by atoms with Crippen LogP contribution in [0.25, 0.3) is 0 Å². The van der Waals surface area contributed by atoms with E-state index in [1.165, 1.54) is 0 Å². The number of anilines is 1. The van der Waals surface area contributed by atoms with Gasteiger partial charge in [0.15, 0.2) is 0 Å². The molecule has 0 fully saturated rings. The maximum Gasteiger partial charge on any atom is 0.411 e. The summed E-state index contributed by atoms with van der Waals surface area (Å²) in [5, 5.41) is 2.52. The summed E-state index contributed by atoms with van der Waals surface area (Å²) in [5.74, 6) is -0.610. The summed E-state index contributed by atoms with van der Waals surface area (Å²) >= 11 is 3.30. The van der Waals surface area contributed by atoms with Gasteiger partial charge in [0.1, 0.15) is 13.2 Å². The highest BCUT2D eigenvalue weighted by Crippen LogP contribution is 2.21. The van der Waals surface area contributed by atoms with Gasteiger partial charge in [-0.05, 0) is 30.2 Å². The highest BCUT2D eigenvalue weighted by Gasteiger charge is 2.27. The van der Waals surface area contributed by atoms with Crippen molar-refractivity contribution in [3.05, 3.63) is 28.2 Å². The minimum Gasteiger partial charge on any atom is -0.362 e. The zero-order valence-electron chi connectivity index (χ0n) is 10.2. The molecule has 19 heavy (non-hydrogen) atoms. The lowest BCUT2D eigenvalue weighted by atomic mass is 10.1. The monoisotopic (exact) mass is 339 g/mol. The van der Waals surface area contributed by atoms with Gasteiger partial charge in [-0.25, -0.2) is 0 Å². The molecule has 0 atom stereocenters. The van der Waals surface area contributed by atoms with Crippen molar-refractivity contribution in [1.29, 1.82) is 0 Å². The second kappa shape index (κ2) is 6.91. The molecule has 106 valence electrons. The molecule has 0 radical (unpaired) electrons. The van der Waals surface area contributed by atoms with E-state index < -0.39 is 25.3 Å². The summed E-state index contributed by atoms with van der Waals surface area (Å²) in [5.41, 5.74) is 1.46. The number of rotatable bonds is 5. The average Bonchev–Trinajstić information content (AvgIpc) is 2.29. The van der Waals surface area contributed by atoms with Gasteiger partial charge in [-0.3, -0.25) is 4.79 Å². The van der Waals surface area contributed by atoms with Crippen LogP contribution in [-0.4, -0.2) is 25.3 Å². The van der Waals surface area contributed by atoms with Crippen LogP contribution < -0.4 is 5.32 Å². The second-order valence-electron chi connectivity index (χ2n) is 3.81. The van der Waals surface area contributed by atoms with Gasteiger partial charge >= 0.3 is 6.18 Å². The van der Waals surface area contributed by atoms with Crippen LogP contribution in [0.5, 0.6) is 0 Å². The molecule has 0 aliphatic heterocycles. The Bertz CT molecular complexity index is 449. The van der Waals surface area contributed by atoms with Gasteiger partial charge in [-0.15, -0.1) is 0 Å². The minimum atomic E-state index is -4.42. The van der Waals surface area contributed by atoms with E-state index in [9.17, 15) is 18.0 Å². The van der Waals surface area contributed by atoms with E-state index in [1.807, 2.05) is 13.0 Å². The maximum absolute atomic E-state index is 11.8. The zero-order valence-corrected chi connectivity index (χ0v) is 11.8. The number of hydrogen-bond donors (Lipinski definition) is 1. The SMILES string of the molecule is CCc1cc(Br)ccc1NC(=O)COCC(F)(F)F. The molecule has 1 aromatic carbocycles. The zero-order chi connectivity index (χ0) is 14.5. The normalized spacial score (nSPS) is 11.4. The fourth-order valence-corrected chi connectivity index (χ4v) is 1.83. The van der Waals surface area contributed by atoms with Crippen molar-refractivity contribution in [2.24, 2.45) is 0 Å². The Morgan fingerprint density at radius 3 is 2.68 bits per heavy atom. The van der Waals surface area contributed by atoms with Crippen molar-refractivity contribution in [2.45, 2.75) is 19.5 Å². The lowest BCUT2D eigenvalue weighted by Gasteiger charge is -2.11. The maximum atomic E-state index is 11.8. The van der Waals surface area contributed by atoms with Gasteiger partial charge in [-0.1, -0.05) is 22.9 Å². The molecule has 0 saturated heterocycles. The first-order valence-corrected chi connectivity index (χ1v) is 6.34.